The molecule has 1 saturated heterocycles. The van der Waals surface area contributed by atoms with Gasteiger partial charge < -0.3 is 15.0 Å². The maximum Gasteiger partial charge on any atom is 0.123 e. The summed E-state index contributed by atoms with van der Waals surface area (Å²) in [6, 6.07) is 15.8. The molecule has 3 rings (SSSR count). The fourth-order valence-corrected chi connectivity index (χ4v) is 4.45. The topological polar surface area (TPSA) is 24.5 Å². The van der Waals surface area contributed by atoms with Crippen molar-refractivity contribution < 1.29 is 9.13 Å². The van der Waals surface area contributed by atoms with Crippen molar-refractivity contribution in [2.75, 3.05) is 32.1 Å². The molecule has 0 unspecified atom stereocenters. The molecule has 2 atom stereocenters. The van der Waals surface area contributed by atoms with Crippen LogP contribution in [0.5, 0.6) is 0 Å². The van der Waals surface area contributed by atoms with Crippen LogP contribution in [0.3, 0.4) is 0 Å². The Morgan fingerprint density at radius 3 is 2.38 bits per heavy atom. The first-order chi connectivity index (χ1) is 13.9. The van der Waals surface area contributed by atoms with Gasteiger partial charge in [-0.3, -0.25) is 0 Å². The van der Waals surface area contributed by atoms with Crippen LogP contribution in [0, 0.1) is 5.82 Å². The second-order valence-electron chi connectivity index (χ2n) is 8.85. The minimum Gasteiger partial charge on any atom is -0.378 e. The normalized spacial score (nSPS) is 24.4. The van der Waals surface area contributed by atoms with Crippen LogP contribution in [0.25, 0.3) is 0 Å². The second-order valence-corrected chi connectivity index (χ2v) is 8.85. The van der Waals surface area contributed by atoms with E-state index < -0.39 is 0 Å². The van der Waals surface area contributed by atoms with Crippen LogP contribution in [0.2, 0.25) is 0 Å². The van der Waals surface area contributed by atoms with E-state index in [9.17, 15) is 4.39 Å². The van der Waals surface area contributed by atoms with Crippen LogP contribution in [-0.4, -0.2) is 32.8 Å². The Bertz CT molecular complexity index is 774. The molecule has 0 aliphatic carbocycles. The number of hydrogen-bond donors (Lipinski definition) is 1. The van der Waals surface area contributed by atoms with Gasteiger partial charge in [-0.25, -0.2) is 4.39 Å². The molecule has 1 aliphatic heterocycles. The van der Waals surface area contributed by atoms with Crippen LogP contribution in [0.15, 0.2) is 48.5 Å². The van der Waals surface area contributed by atoms with Crippen molar-refractivity contribution in [3.05, 3.63) is 65.5 Å². The molecular formula is C25H35FN2O. The molecule has 0 spiro atoms. The van der Waals surface area contributed by atoms with E-state index in [0.29, 0.717) is 0 Å². The number of rotatable bonds is 8. The van der Waals surface area contributed by atoms with Gasteiger partial charge in [-0.15, -0.1) is 0 Å². The average Bonchev–Trinajstić information content (AvgIpc) is 2.72. The lowest BCUT2D eigenvalue weighted by atomic mass is 9.66. The van der Waals surface area contributed by atoms with Gasteiger partial charge in [0.15, 0.2) is 0 Å². The van der Waals surface area contributed by atoms with Crippen molar-refractivity contribution in [2.24, 2.45) is 0 Å². The summed E-state index contributed by atoms with van der Waals surface area (Å²) in [6.45, 7) is 6.94. The third-order valence-electron chi connectivity index (χ3n) is 6.51. The molecule has 2 aromatic carbocycles. The van der Waals surface area contributed by atoms with E-state index in [1.807, 2.05) is 12.1 Å². The molecule has 0 saturated carbocycles. The van der Waals surface area contributed by atoms with Gasteiger partial charge in [0.1, 0.15) is 5.82 Å². The third kappa shape index (κ3) is 5.37. The minimum atomic E-state index is -0.173. The van der Waals surface area contributed by atoms with E-state index in [-0.39, 0.29) is 16.8 Å². The minimum absolute atomic E-state index is 0.0263. The van der Waals surface area contributed by atoms with Gasteiger partial charge in [0.05, 0.1) is 5.60 Å². The zero-order valence-electron chi connectivity index (χ0n) is 18.3. The molecule has 0 aromatic heterocycles. The zero-order valence-corrected chi connectivity index (χ0v) is 18.3. The summed E-state index contributed by atoms with van der Waals surface area (Å²) in [4.78, 5) is 2.11. The summed E-state index contributed by atoms with van der Waals surface area (Å²) in [5.74, 6) is -0.173. The summed E-state index contributed by atoms with van der Waals surface area (Å²) in [6.07, 6.45) is 3.96. The third-order valence-corrected chi connectivity index (χ3v) is 6.51. The fourth-order valence-electron chi connectivity index (χ4n) is 4.45. The summed E-state index contributed by atoms with van der Waals surface area (Å²) < 4.78 is 19.7. The molecule has 0 bridgehead atoms. The highest BCUT2D eigenvalue weighted by atomic mass is 19.1. The molecule has 1 N–H and O–H groups in total. The zero-order chi connectivity index (χ0) is 20.9. The van der Waals surface area contributed by atoms with E-state index >= 15 is 0 Å². The number of halogens is 1. The van der Waals surface area contributed by atoms with Gasteiger partial charge in [-0.05, 0) is 74.5 Å². The largest absolute Gasteiger partial charge is 0.378 e. The number of benzene rings is 2. The molecule has 29 heavy (non-hydrogen) atoms. The van der Waals surface area contributed by atoms with E-state index in [1.54, 1.807) is 12.1 Å². The predicted octanol–water partition coefficient (Wildman–Crippen LogP) is 5.29. The summed E-state index contributed by atoms with van der Waals surface area (Å²) in [5, 5.41) is 3.62. The lowest BCUT2D eigenvalue weighted by Crippen LogP contribution is -2.46. The van der Waals surface area contributed by atoms with Crippen LogP contribution >= 0.6 is 0 Å². The highest BCUT2D eigenvalue weighted by molar-refractivity contribution is 5.45. The second kappa shape index (κ2) is 9.27. The summed E-state index contributed by atoms with van der Waals surface area (Å²) in [5.41, 5.74) is 3.65. The molecule has 158 valence electrons. The van der Waals surface area contributed by atoms with Crippen LogP contribution < -0.4 is 10.2 Å². The van der Waals surface area contributed by atoms with E-state index in [4.69, 9.17) is 4.74 Å². The first kappa shape index (κ1) is 21.8. The molecule has 4 heteroatoms. The maximum absolute atomic E-state index is 13.5. The van der Waals surface area contributed by atoms with Crippen LogP contribution in [0.4, 0.5) is 10.1 Å². The highest BCUT2D eigenvalue weighted by Gasteiger charge is 2.43. The Morgan fingerprint density at radius 2 is 1.76 bits per heavy atom. The maximum atomic E-state index is 13.5. The smallest absolute Gasteiger partial charge is 0.123 e. The first-order valence-electron chi connectivity index (χ1n) is 10.7. The van der Waals surface area contributed by atoms with E-state index in [1.165, 1.54) is 16.8 Å². The Morgan fingerprint density at radius 1 is 1.07 bits per heavy atom. The van der Waals surface area contributed by atoms with E-state index in [0.717, 1.165) is 45.4 Å². The monoisotopic (exact) mass is 398 g/mol. The summed E-state index contributed by atoms with van der Waals surface area (Å²) >= 11 is 0. The Balaban J connectivity index is 1.66. The molecule has 1 fully saturated rings. The molecule has 1 heterocycles. The molecule has 1 aliphatic rings. The van der Waals surface area contributed by atoms with Crippen LogP contribution in [-0.2, 0) is 16.7 Å². The standard InChI is InChI=1S/C25H35FN2O/c1-5-24(2)19-25(15-17-29-24,21-8-10-22(26)11-9-21)14-16-27-18-20-6-12-23(13-7-20)28(3)4/h6-13,27H,5,14-19H2,1-4H3/t24-,25+/m1/s1. The SMILES string of the molecule is CC[C@]1(C)C[C@@](CCNCc2ccc(N(C)C)cc2)(c2ccc(F)cc2)CCO1. The average molecular weight is 399 g/mol. The van der Waals surface area contributed by atoms with E-state index in [2.05, 4.69) is 62.4 Å². The first-order valence-corrected chi connectivity index (χ1v) is 10.7. The lowest BCUT2D eigenvalue weighted by Gasteiger charge is -2.47. The van der Waals surface area contributed by atoms with Gasteiger partial charge in [0.25, 0.3) is 0 Å². The number of ether oxygens (including phenoxy) is 1. The van der Waals surface area contributed by atoms with Gasteiger partial charge in [-0.2, -0.15) is 0 Å². The van der Waals surface area contributed by atoms with Gasteiger partial charge >= 0.3 is 0 Å². The molecule has 0 amide bonds. The molecule has 0 radical (unpaired) electrons. The van der Waals surface area contributed by atoms with Gasteiger partial charge in [0, 0.05) is 38.3 Å². The van der Waals surface area contributed by atoms with Crippen molar-refractivity contribution in [1.82, 2.24) is 5.32 Å². The van der Waals surface area contributed by atoms with Crippen molar-refractivity contribution in [3.63, 3.8) is 0 Å². The van der Waals surface area contributed by atoms with Gasteiger partial charge in [0.2, 0.25) is 0 Å². The molecule has 3 nitrogen and oxygen atoms in total. The predicted molar refractivity (Wildman–Crippen MR) is 119 cm³/mol. The summed E-state index contributed by atoms with van der Waals surface area (Å²) in [7, 11) is 4.11. The number of hydrogen-bond acceptors (Lipinski definition) is 3. The highest BCUT2D eigenvalue weighted by Crippen LogP contribution is 2.45. The molecule has 2 aromatic rings. The van der Waals surface area contributed by atoms with Gasteiger partial charge in [-0.1, -0.05) is 31.2 Å². The number of anilines is 1. The van der Waals surface area contributed by atoms with Crippen molar-refractivity contribution >= 4 is 5.69 Å². The Labute approximate surface area is 175 Å². The number of nitrogens with one attached hydrogen (secondary N) is 1. The van der Waals surface area contributed by atoms with Crippen molar-refractivity contribution in [1.29, 1.82) is 0 Å². The Kier molecular flexibility index (Phi) is 6.97. The van der Waals surface area contributed by atoms with Crippen LogP contribution in [0.1, 0.15) is 50.7 Å². The fraction of sp³-hybridized carbons (Fsp3) is 0.520. The quantitative estimate of drug-likeness (QED) is 0.612. The Hall–Kier alpha value is -1.91. The lowest BCUT2D eigenvalue weighted by molar-refractivity contribution is -0.0979. The molecular weight excluding hydrogens is 363 g/mol. The van der Waals surface area contributed by atoms with Crippen molar-refractivity contribution in [2.45, 2.75) is 57.1 Å². The number of nitrogens with zero attached hydrogens (tertiary/aromatic N) is 1. The van der Waals surface area contributed by atoms with Crippen molar-refractivity contribution in [3.8, 4) is 0 Å².